The molecule has 0 bridgehead atoms. The second-order valence-electron chi connectivity index (χ2n) is 4.22. The molecular weight excluding hydrogens is 174 g/mol. The molecular formula is C12H19NO. The first-order valence-electron chi connectivity index (χ1n) is 5.05. The molecule has 0 saturated heterocycles. The van der Waals surface area contributed by atoms with Gasteiger partial charge in [0.05, 0.1) is 6.10 Å². The fourth-order valence-electron chi connectivity index (χ4n) is 1.57. The Hall–Kier alpha value is -1.02. The van der Waals surface area contributed by atoms with E-state index >= 15 is 0 Å². The third-order valence-electron chi connectivity index (χ3n) is 2.41. The highest BCUT2D eigenvalue weighted by molar-refractivity contribution is 5.54. The maximum Gasteiger partial charge on any atom is 0.0812 e. The number of aryl methyl sites for hydroxylation is 1. The molecule has 0 heterocycles. The summed E-state index contributed by atoms with van der Waals surface area (Å²) in [6, 6.07) is 5.79. The van der Waals surface area contributed by atoms with Crippen LogP contribution in [0.25, 0.3) is 0 Å². The van der Waals surface area contributed by atoms with Crippen LogP contribution in [-0.2, 0) is 0 Å². The van der Waals surface area contributed by atoms with Crippen LogP contribution < -0.4 is 5.73 Å². The minimum Gasteiger partial charge on any atom is -0.398 e. The first-order chi connectivity index (χ1) is 6.52. The van der Waals surface area contributed by atoms with Gasteiger partial charge in [-0.3, -0.25) is 0 Å². The first kappa shape index (κ1) is 11.1. The molecule has 2 heteroatoms. The van der Waals surface area contributed by atoms with Gasteiger partial charge in [-0.25, -0.2) is 0 Å². The van der Waals surface area contributed by atoms with Gasteiger partial charge in [0.1, 0.15) is 0 Å². The van der Waals surface area contributed by atoms with Crippen LogP contribution in [-0.4, -0.2) is 5.11 Å². The zero-order valence-corrected chi connectivity index (χ0v) is 9.12. The number of nitrogens with two attached hydrogens (primary N) is 1. The molecule has 1 atom stereocenters. The van der Waals surface area contributed by atoms with Crippen molar-refractivity contribution in [2.45, 2.75) is 33.3 Å². The van der Waals surface area contributed by atoms with Crippen LogP contribution >= 0.6 is 0 Å². The van der Waals surface area contributed by atoms with Gasteiger partial charge in [0, 0.05) is 11.3 Å². The summed E-state index contributed by atoms with van der Waals surface area (Å²) in [6.45, 7) is 6.14. The zero-order chi connectivity index (χ0) is 10.7. The topological polar surface area (TPSA) is 46.2 Å². The fraction of sp³-hybridized carbons (Fsp3) is 0.500. The molecule has 1 aromatic carbocycles. The molecule has 1 aromatic rings. The molecule has 0 fully saturated rings. The van der Waals surface area contributed by atoms with E-state index in [1.807, 2.05) is 25.1 Å². The van der Waals surface area contributed by atoms with Crippen LogP contribution in [0.3, 0.4) is 0 Å². The minimum absolute atomic E-state index is 0.435. The largest absolute Gasteiger partial charge is 0.398 e. The van der Waals surface area contributed by atoms with Crippen molar-refractivity contribution in [3.63, 3.8) is 0 Å². The van der Waals surface area contributed by atoms with Gasteiger partial charge in [-0.15, -0.1) is 0 Å². The van der Waals surface area contributed by atoms with Gasteiger partial charge in [-0.05, 0) is 24.8 Å². The average molecular weight is 193 g/mol. The Morgan fingerprint density at radius 2 is 2.00 bits per heavy atom. The molecule has 1 rings (SSSR count). The molecule has 0 aromatic heterocycles. The number of hydrogen-bond donors (Lipinski definition) is 2. The summed E-state index contributed by atoms with van der Waals surface area (Å²) in [4.78, 5) is 0. The van der Waals surface area contributed by atoms with Crippen molar-refractivity contribution in [1.29, 1.82) is 0 Å². The molecule has 0 radical (unpaired) electrons. The summed E-state index contributed by atoms with van der Waals surface area (Å²) in [5.74, 6) is 0.477. The van der Waals surface area contributed by atoms with Gasteiger partial charge in [0.25, 0.3) is 0 Å². The maximum atomic E-state index is 9.92. The van der Waals surface area contributed by atoms with Crippen molar-refractivity contribution in [3.05, 3.63) is 29.3 Å². The summed E-state index contributed by atoms with van der Waals surface area (Å²) >= 11 is 0. The normalized spacial score (nSPS) is 13.2. The molecule has 78 valence electrons. The summed E-state index contributed by atoms with van der Waals surface area (Å²) in [6.07, 6.45) is 0.322. The number of benzene rings is 1. The van der Waals surface area contributed by atoms with Crippen molar-refractivity contribution < 1.29 is 5.11 Å². The highest BCUT2D eigenvalue weighted by atomic mass is 16.3. The van der Waals surface area contributed by atoms with Gasteiger partial charge in [0.2, 0.25) is 0 Å². The molecule has 0 saturated carbocycles. The van der Waals surface area contributed by atoms with Crippen molar-refractivity contribution in [2.24, 2.45) is 5.92 Å². The van der Waals surface area contributed by atoms with Gasteiger partial charge in [-0.1, -0.05) is 32.0 Å². The van der Waals surface area contributed by atoms with E-state index < -0.39 is 6.10 Å². The molecule has 2 nitrogen and oxygen atoms in total. The van der Waals surface area contributed by atoms with E-state index in [2.05, 4.69) is 13.8 Å². The Morgan fingerprint density at radius 3 is 2.57 bits per heavy atom. The second kappa shape index (κ2) is 4.47. The van der Waals surface area contributed by atoms with E-state index in [0.717, 1.165) is 23.2 Å². The lowest BCUT2D eigenvalue weighted by Crippen LogP contribution is -2.06. The lowest BCUT2D eigenvalue weighted by molar-refractivity contribution is 0.151. The van der Waals surface area contributed by atoms with Crippen LogP contribution in [0.4, 0.5) is 5.69 Å². The standard InChI is InChI=1S/C12H19NO/c1-8(2)7-11(14)10-6-4-5-9(3)12(10)13/h4-6,8,11,14H,7,13H2,1-3H3. The van der Waals surface area contributed by atoms with E-state index in [-0.39, 0.29) is 0 Å². The number of nitrogen functional groups attached to an aromatic ring is 1. The number of rotatable bonds is 3. The van der Waals surface area contributed by atoms with Gasteiger partial charge >= 0.3 is 0 Å². The lowest BCUT2D eigenvalue weighted by atomic mass is 9.97. The number of anilines is 1. The Balaban J connectivity index is 2.89. The number of hydrogen-bond acceptors (Lipinski definition) is 2. The SMILES string of the molecule is Cc1cccc(C(O)CC(C)C)c1N. The summed E-state index contributed by atoms with van der Waals surface area (Å²) in [5.41, 5.74) is 8.51. The smallest absolute Gasteiger partial charge is 0.0812 e. The second-order valence-corrected chi connectivity index (χ2v) is 4.22. The molecule has 0 amide bonds. The van der Waals surface area contributed by atoms with E-state index in [1.54, 1.807) is 0 Å². The van der Waals surface area contributed by atoms with Crippen molar-refractivity contribution in [3.8, 4) is 0 Å². The Kier molecular flexibility index (Phi) is 3.53. The molecule has 0 aliphatic carbocycles. The van der Waals surface area contributed by atoms with Crippen molar-refractivity contribution >= 4 is 5.69 Å². The van der Waals surface area contributed by atoms with Gasteiger partial charge in [-0.2, -0.15) is 0 Å². The van der Waals surface area contributed by atoms with E-state index in [0.29, 0.717) is 5.92 Å². The lowest BCUT2D eigenvalue weighted by Gasteiger charge is -2.16. The fourth-order valence-corrected chi connectivity index (χ4v) is 1.57. The molecule has 3 N–H and O–H groups in total. The summed E-state index contributed by atoms with van der Waals surface area (Å²) in [7, 11) is 0. The Bertz CT molecular complexity index is 307. The Labute approximate surface area is 85.8 Å². The number of aliphatic hydroxyl groups excluding tert-OH is 1. The van der Waals surface area contributed by atoms with E-state index in [9.17, 15) is 5.11 Å². The summed E-state index contributed by atoms with van der Waals surface area (Å²) in [5, 5.41) is 9.92. The average Bonchev–Trinajstić information content (AvgIpc) is 2.08. The van der Waals surface area contributed by atoms with Crippen LogP contribution in [0.15, 0.2) is 18.2 Å². The molecule has 14 heavy (non-hydrogen) atoms. The number of para-hydroxylation sites is 1. The maximum absolute atomic E-state index is 9.92. The predicted molar refractivity (Wildman–Crippen MR) is 60.0 cm³/mol. The van der Waals surface area contributed by atoms with E-state index in [4.69, 9.17) is 5.73 Å². The molecule has 0 aliphatic rings. The third kappa shape index (κ3) is 2.48. The van der Waals surface area contributed by atoms with Gasteiger partial charge < -0.3 is 10.8 Å². The Morgan fingerprint density at radius 1 is 1.36 bits per heavy atom. The van der Waals surface area contributed by atoms with Crippen molar-refractivity contribution in [1.82, 2.24) is 0 Å². The van der Waals surface area contributed by atoms with Crippen LogP contribution in [0.1, 0.15) is 37.5 Å². The monoisotopic (exact) mass is 193 g/mol. The first-order valence-corrected chi connectivity index (χ1v) is 5.05. The van der Waals surface area contributed by atoms with Crippen molar-refractivity contribution in [2.75, 3.05) is 5.73 Å². The quantitative estimate of drug-likeness (QED) is 0.725. The molecule has 0 spiro atoms. The van der Waals surface area contributed by atoms with Crippen LogP contribution in [0.2, 0.25) is 0 Å². The summed E-state index contributed by atoms with van der Waals surface area (Å²) < 4.78 is 0. The predicted octanol–water partition coefficient (Wildman–Crippen LogP) is 2.66. The molecule has 0 aliphatic heterocycles. The highest BCUT2D eigenvalue weighted by Gasteiger charge is 2.13. The third-order valence-corrected chi connectivity index (χ3v) is 2.41. The molecule has 1 unspecified atom stereocenters. The van der Waals surface area contributed by atoms with Crippen LogP contribution in [0, 0.1) is 12.8 Å². The minimum atomic E-state index is -0.435. The van der Waals surface area contributed by atoms with E-state index in [1.165, 1.54) is 0 Å². The highest BCUT2D eigenvalue weighted by Crippen LogP contribution is 2.27. The van der Waals surface area contributed by atoms with Crippen LogP contribution in [0.5, 0.6) is 0 Å². The zero-order valence-electron chi connectivity index (χ0n) is 9.12. The number of aliphatic hydroxyl groups is 1. The van der Waals surface area contributed by atoms with Gasteiger partial charge in [0.15, 0.2) is 0 Å².